The zero-order chi connectivity index (χ0) is 35.2. The molecule has 13 heteroatoms. The lowest BCUT2D eigenvalue weighted by Gasteiger charge is -2.28. The second-order valence-electron chi connectivity index (χ2n) is 12.7. The van der Waals surface area contributed by atoms with Crippen molar-refractivity contribution >= 4 is 47.0 Å². The molecular formula is C36H45ClN6O6. The summed E-state index contributed by atoms with van der Waals surface area (Å²) in [7, 11) is 0. The van der Waals surface area contributed by atoms with Crippen LogP contribution in [0.4, 0.5) is 0 Å². The molecule has 2 aliphatic rings. The van der Waals surface area contributed by atoms with E-state index in [-0.39, 0.29) is 38.1 Å². The molecule has 1 saturated carbocycles. The summed E-state index contributed by atoms with van der Waals surface area (Å²) in [5, 5.41) is 14.2. The van der Waals surface area contributed by atoms with Gasteiger partial charge in [0.1, 0.15) is 24.2 Å². The lowest BCUT2D eigenvalue weighted by molar-refractivity contribution is -0.133. The van der Waals surface area contributed by atoms with Crippen molar-refractivity contribution in [3.63, 3.8) is 0 Å². The predicted octanol–water partition coefficient (Wildman–Crippen LogP) is 1.99. The molecule has 0 bridgehead atoms. The van der Waals surface area contributed by atoms with E-state index in [0.717, 1.165) is 55.4 Å². The highest BCUT2D eigenvalue weighted by Gasteiger charge is 2.32. The average molecular weight is 693 g/mol. The van der Waals surface area contributed by atoms with Crippen LogP contribution in [0.5, 0.6) is 0 Å². The van der Waals surface area contributed by atoms with Crippen LogP contribution < -0.4 is 32.3 Å². The Morgan fingerprint density at radius 1 is 0.653 bits per heavy atom. The summed E-state index contributed by atoms with van der Waals surface area (Å²) in [5.41, 5.74) is 7.03. The number of amides is 6. The first-order valence-electron chi connectivity index (χ1n) is 16.8. The fourth-order valence-electron chi connectivity index (χ4n) is 6.17. The molecule has 1 fully saturated rings. The van der Waals surface area contributed by atoms with Crippen molar-refractivity contribution < 1.29 is 28.8 Å². The van der Waals surface area contributed by atoms with Crippen LogP contribution in [0.2, 0.25) is 5.02 Å². The van der Waals surface area contributed by atoms with Crippen molar-refractivity contribution in [1.29, 1.82) is 0 Å². The third-order valence-corrected chi connectivity index (χ3v) is 9.10. The molecule has 1 aliphatic carbocycles. The predicted molar refractivity (Wildman–Crippen MR) is 185 cm³/mol. The Labute approximate surface area is 291 Å². The summed E-state index contributed by atoms with van der Waals surface area (Å²) in [4.78, 5) is 79.1. The fourth-order valence-corrected chi connectivity index (χ4v) is 6.30. The summed E-state index contributed by atoms with van der Waals surface area (Å²) >= 11 is 6.07. The van der Waals surface area contributed by atoms with Crippen LogP contribution in [0, 0.1) is 5.92 Å². The Kier molecular flexibility index (Phi) is 14.2. The summed E-state index contributed by atoms with van der Waals surface area (Å²) in [6, 6.07) is 11.9. The molecule has 0 saturated heterocycles. The largest absolute Gasteiger partial charge is 0.368 e. The number of halogens is 1. The van der Waals surface area contributed by atoms with Gasteiger partial charge in [-0.05, 0) is 48.4 Å². The maximum absolute atomic E-state index is 14.0. The van der Waals surface area contributed by atoms with Gasteiger partial charge in [0.2, 0.25) is 35.4 Å². The van der Waals surface area contributed by atoms with Gasteiger partial charge in [0.25, 0.3) is 0 Å². The third kappa shape index (κ3) is 12.4. The van der Waals surface area contributed by atoms with Gasteiger partial charge in [-0.15, -0.1) is 0 Å². The van der Waals surface area contributed by atoms with Gasteiger partial charge in [-0.3, -0.25) is 28.8 Å². The zero-order valence-corrected chi connectivity index (χ0v) is 28.2. The number of nitrogens with one attached hydrogen (secondary N) is 5. The Morgan fingerprint density at radius 3 is 1.86 bits per heavy atom. The molecule has 0 radical (unpaired) electrons. The van der Waals surface area contributed by atoms with Crippen molar-refractivity contribution in [1.82, 2.24) is 26.6 Å². The summed E-state index contributed by atoms with van der Waals surface area (Å²) in [6.45, 7) is 0.122. The Hall–Kier alpha value is -4.71. The number of hydrogen-bond donors (Lipinski definition) is 6. The number of benzene rings is 2. The van der Waals surface area contributed by atoms with E-state index in [1.54, 1.807) is 24.3 Å². The monoisotopic (exact) mass is 692 g/mol. The van der Waals surface area contributed by atoms with Gasteiger partial charge in [-0.25, -0.2) is 0 Å². The van der Waals surface area contributed by atoms with Crippen LogP contribution >= 0.6 is 11.6 Å². The highest BCUT2D eigenvalue weighted by atomic mass is 35.5. The van der Waals surface area contributed by atoms with E-state index in [4.69, 9.17) is 17.3 Å². The minimum atomic E-state index is -1.08. The van der Waals surface area contributed by atoms with E-state index in [2.05, 4.69) is 26.6 Å². The van der Waals surface area contributed by atoms with Crippen molar-refractivity contribution in [2.24, 2.45) is 11.7 Å². The maximum atomic E-state index is 14.0. The van der Waals surface area contributed by atoms with E-state index >= 15 is 0 Å². The Balaban J connectivity index is 1.65. The molecule has 0 spiro atoms. The number of carbonyl (C=O) groups excluding carboxylic acids is 6. The second kappa shape index (κ2) is 18.7. The summed E-state index contributed by atoms with van der Waals surface area (Å²) < 4.78 is 0. The van der Waals surface area contributed by atoms with Gasteiger partial charge in [0.05, 0.1) is 0 Å². The molecule has 7 N–H and O–H groups in total. The molecule has 2 aromatic rings. The topological polar surface area (TPSA) is 189 Å². The molecule has 49 heavy (non-hydrogen) atoms. The third-order valence-electron chi connectivity index (χ3n) is 8.84. The van der Waals surface area contributed by atoms with Crippen molar-refractivity contribution in [3.05, 3.63) is 82.9 Å². The molecule has 4 rings (SSSR count). The maximum Gasteiger partial charge on any atom is 0.244 e. The van der Waals surface area contributed by atoms with Crippen LogP contribution in [-0.4, -0.2) is 66.2 Å². The van der Waals surface area contributed by atoms with Gasteiger partial charge in [0.15, 0.2) is 0 Å². The van der Waals surface area contributed by atoms with Gasteiger partial charge in [0, 0.05) is 36.6 Å². The number of carbonyl (C=O) groups is 6. The Morgan fingerprint density at radius 2 is 1.22 bits per heavy atom. The normalized spacial score (nSPS) is 24.5. The van der Waals surface area contributed by atoms with E-state index in [1.165, 1.54) is 0 Å². The van der Waals surface area contributed by atoms with Crippen LogP contribution in [0.25, 0.3) is 0 Å². The van der Waals surface area contributed by atoms with E-state index in [9.17, 15) is 28.8 Å². The number of nitrogens with two attached hydrogens (primary N) is 1. The van der Waals surface area contributed by atoms with E-state index in [0.29, 0.717) is 11.4 Å². The first-order valence-corrected chi connectivity index (χ1v) is 17.2. The fraction of sp³-hybridized carbons (Fsp3) is 0.444. The minimum Gasteiger partial charge on any atom is -0.368 e. The van der Waals surface area contributed by atoms with Crippen molar-refractivity contribution in [3.8, 4) is 0 Å². The number of rotatable bonds is 7. The highest BCUT2D eigenvalue weighted by molar-refractivity contribution is 6.30. The molecular weight excluding hydrogens is 648 g/mol. The first-order chi connectivity index (χ1) is 23.6. The zero-order valence-electron chi connectivity index (χ0n) is 27.4. The van der Waals surface area contributed by atoms with Gasteiger partial charge >= 0.3 is 0 Å². The average Bonchev–Trinajstić information content (AvgIpc) is 3.09. The van der Waals surface area contributed by atoms with Gasteiger partial charge in [-0.2, -0.15) is 0 Å². The van der Waals surface area contributed by atoms with E-state index < -0.39 is 59.6 Å². The SMILES string of the molecule is NC(=O)[C@@H]1CCCNC(=O)[C@H](Cc2ccc(Cl)cc2)NC(=O)[C@H](Cc2ccccc2)NC(=O)[C@H](CC2CCCCC2)NC(=O)/C=C/C(=O)N1. The number of hydrogen-bond acceptors (Lipinski definition) is 6. The molecule has 12 nitrogen and oxygen atoms in total. The molecule has 262 valence electrons. The first kappa shape index (κ1) is 37.1. The smallest absolute Gasteiger partial charge is 0.244 e. The lowest BCUT2D eigenvalue weighted by Crippen LogP contribution is -2.58. The molecule has 6 amide bonds. The van der Waals surface area contributed by atoms with Gasteiger partial charge in [-0.1, -0.05) is 86.2 Å². The molecule has 0 unspecified atom stereocenters. The van der Waals surface area contributed by atoms with Crippen LogP contribution in [0.15, 0.2) is 66.7 Å². The van der Waals surface area contributed by atoms with Crippen LogP contribution in [0.3, 0.4) is 0 Å². The standard InChI is InChI=1S/C36H45ClN6O6/c37-26-15-13-25(14-16-26)22-28-34(47)39-19-7-12-27(33(38)46)40-31(44)17-18-32(45)41-29(20-23-8-3-1-4-9-23)35(48)43-30(36(49)42-28)21-24-10-5-2-6-11-24/h2,5-6,10-11,13-18,23,27-30H,1,3-4,7-9,12,19-22H2,(H2,38,46)(H,39,47)(H,40,44)(H,41,45)(H,42,49)(H,43,48)/b18-17+/t27-,28-,29-,30-/m0/s1. The van der Waals surface area contributed by atoms with Crippen molar-refractivity contribution in [2.45, 2.75) is 88.4 Å². The van der Waals surface area contributed by atoms with Crippen molar-refractivity contribution in [2.75, 3.05) is 6.54 Å². The molecule has 1 heterocycles. The minimum absolute atomic E-state index is 0.122. The van der Waals surface area contributed by atoms with Crippen LogP contribution in [0.1, 0.15) is 62.5 Å². The molecule has 2 aromatic carbocycles. The molecule has 1 aliphatic heterocycles. The number of primary amides is 1. The second-order valence-corrected chi connectivity index (χ2v) is 13.1. The lowest BCUT2D eigenvalue weighted by atomic mass is 9.84. The molecule has 0 aromatic heterocycles. The Bertz CT molecular complexity index is 1500. The quantitative estimate of drug-likeness (QED) is 0.257. The summed E-state index contributed by atoms with van der Waals surface area (Å²) in [5.74, 6) is -3.59. The van der Waals surface area contributed by atoms with Gasteiger partial charge < -0.3 is 32.3 Å². The highest BCUT2D eigenvalue weighted by Crippen LogP contribution is 2.27. The van der Waals surface area contributed by atoms with Crippen LogP contribution in [-0.2, 0) is 41.6 Å². The molecule has 4 atom stereocenters. The van der Waals surface area contributed by atoms with E-state index in [1.807, 2.05) is 30.3 Å². The summed E-state index contributed by atoms with van der Waals surface area (Å²) in [6.07, 6.45) is 7.94.